The second kappa shape index (κ2) is 7.84. The lowest BCUT2D eigenvalue weighted by Gasteiger charge is -2.32. The van der Waals surface area contributed by atoms with E-state index in [9.17, 15) is 17.2 Å². The van der Waals surface area contributed by atoms with Crippen LogP contribution in [-0.4, -0.2) is 38.2 Å². The van der Waals surface area contributed by atoms with Crippen molar-refractivity contribution in [3.8, 4) is 0 Å². The van der Waals surface area contributed by atoms with Gasteiger partial charge in [-0.2, -0.15) is 0 Å². The molecule has 0 radical (unpaired) electrons. The number of halogens is 2. The molecule has 26 heavy (non-hydrogen) atoms. The van der Waals surface area contributed by atoms with Gasteiger partial charge in [-0.15, -0.1) is 0 Å². The molecule has 1 aliphatic rings. The summed E-state index contributed by atoms with van der Waals surface area (Å²) in [6, 6.07) is 10.7. The smallest absolute Gasteiger partial charge is 0.181 e. The molecule has 3 nitrogen and oxygen atoms in total. The monoisotopic (exact) mass is 379 g/mol. The molecule has 0 aliphatic carbocycles. The summed E-state index contributed by atoms with van der Waals surface area (Å²) < 4.78 is 52.4. The third-order valence-electron chi connectivity index (χ3n) is 5.09. The van der Waals surface area contributed by atoms with Gasteiger partial charge < -0.3 is 4.90 Å². The summed E-state index contributed by atoms with van der Waals surface area (Å²) in [6.45, 7) is 3.79. The second-order valence-corrected chi connectivity index (χ2v) is 9.03. The summed E-state index contributed by atoms with van der Waals surface area (Å²) in [5, 5.41) is -0.373. The minimum atomic E-state index is -3.32. The van der Waals surface area contributed by atoms with Crippen LogP contribution < -0.4 is 0 Å². The van der Waals surface area contributed by atoms with Crippen molar-refractivity contribution in [2.45, 2.75) is 36.3 Å². The molecule has 6 heteroatoms. The lowest BCUT2D eigenvalue weighted by atomic mass is 10.1. The standard InChI is InChI=1S/C20H23F2NO2S/c1-15-4-2-3-5-20(15)26(24,25)18-9-12-23(13-10-18)11-8-16-6-7-17(21)14-19(16)22/h2-7,14,18H,8-13H2,1H3. The van der Waals surface area contributed by atoms with Gasteiger partial charge in [-0.25, -0.2) is 17.2 Å². The first-order valence-electron chi connectivity index (χ1n) is 8.84. The average molecular weight is 379 g/mol. The highest BCUT2D eigenvalue weighted by atomic mass is 32.2. The van der Waals surface area contributed by atoms with Crippen molar-refractivity contribution in [3.63, 3.8) is 0 Å². The summed E-state index contributed by atoms with van der Waals surface area (Å²) in [5.74, 6) is -1.10. The largest absolute Gasteiger partial charge is 0.303 e. The summed E-state index contributed by atoms with van der Waals surface area (Å²) in [4.78, 5) is 2.57. The third-order valence-corrected chi connectivity index (χ3v) is 7.51. The molecular formula is C20H23F2NO2S. The molecule has 0 amide bonds. The van der Waals surface area contributed by atoms with Gasteiger partial charge in [0.2, 0.25) is 0 Å². The number of hydrogen-bond acceptors (Lipinski definition) is 3. The molecule has 1 saturated heterocycles. The molecule has 1 heterocycles. The van der Waals surface area contributed by atoms with Crippen LogP contribution in [0, 0.1) is 18.6 Å². The number of sulfone groups is 1. The Bertz CT molecular complexity index is 875. The second-order valence-electron chi connectivity index (χ2n) is 6.84. The molecule has 2 aromatic rings. The highest BCUT2D eigenvalue weighted by Crippen LogP contribution is 2.26. The quantitative estimate of drug-likeness (QED) is 0.794. The van der Waals surface area contributed by atoms with Gasteiger partial charge in [0.05, 0.1) is 10.1 Å². The van der Waals surface area contributed by atoms with Gasteiger partial charge in [0.15, 0.2) is 9.84 Å². The van der Waals surface area contributed by atoms with Crippen LogP contribution in [0.5, 0.6) is 0 Å². The van der Waals surface area contributed by atoms with E-state index in [1.165, 1.54) is 12.1 Å². The number of hydrogen-bond donors (Lipinski definition) is 0. The van der Waals surface area contributed by atoms with E-state index in [2.05, 4.69) is 4.90 Å². The normalized spacial score (nSPS) is 16.7. The summed E-state index contributed by atoms with van der Waals surface area (Å²) >= 11 is 0. The fraction of sp³-hybridized carbons (Fsp3) is 0.400. The zero-order valence-corrected chi connectivity index (χ0v) is 15.6. The van der Waals surface area contributed by atoms with E-state index in [0.29, 0.717) is 49.4 Å². The first kappa shape index (κ1) is 19.0. The Hall–Kier alpha value is -1.79. The minimum absolute atomic E-state index is 0.373. The van der Waals surface area contributed by atoms with Crippen LogP contribution in [0.2, 0.25) is 0 Å². The van der Waals surface area contributed by atoms with Gasteiger partial charge in [0, 0.05) is 12.6 Å². The predicted molar refractivity (Wildman–Crippen MR) is 97.9 cm³/mol. The first-order chi connectivity index (χ1) is 12.4. The number of benzene rings is 2. The molecule has 0 bridgehead atoms. The fourth-order valence-electron chi connectivity index (χ4n) is 3.50. The molecule has 2 aromatic carbocycles. The van der Waals surface area contributed by atoms with E-state index < -0.39 is 21.5 Å². The van der Waals surface area contributed by atoms with Gasteiger partial charge in [0.25, 0.3) is 0 Å². The summed E-state index contributed by atoms with van der Waals surface area (Å²) in [5.41, 5.74) is 1.27. The zero-order chi connectivity index (χ0) is 18.7. The highest BCUT2D eigenvalue weighted by Gasteiger charge is 2.31. The Morgan fingerprint density at radius 1 is 1.08 bits per heavy atom. The Balaban J connectivity index is 1.58. The highest BCUT2D eigenvalue weighted by molar-refractivity contribution is 7.92. The van der Waals surface area contributed by atoms with Crippen LogP contribution in [0.1, 0.15) is 24.0 Å². The van der Waals surface area contributed by atoms with Crippen molar-refractivity contribution >= 4 is 9.84 Å². The molecule has 1 aliphatic heterocycles. The van der Waals surface area contributed by atoms with Crippen LogP contribution in [0.25, 0.3) is 0 Å². The predicted octanol–water partition coefficient (Wildman–Crippen LogP) is 3.75. The van der Waals surface area contributed by atoms with Crippen molar-refractivity contribution in [2.75, 3.05) is 19.6 Å². The molecule has 0 unspecified atom stereocenters. The molecule has 0 atom stereocenters. The van der Waals surface area contributed by atoms with Crippen LogP contribution >= 0.6 is 0 Å². The molecule has 0 spiro atoms. The van der Waals surface area contributed by atoms with Crippen LogP contribution in [0.4, 0.5) is 8.78 Å². The van der Waals surface area contributed by atoms with Crippen molar-refractivity contribution in [1.29, 1.82) is 0 Å². The molecule has 0 N–H and O–H groups in total. The van der Waals surface area contributed by atoms with Crippen LogP contribution in [-0.2, 0) is 16.3 Å². The number of rotatable bonds is 5. The van der Waals surface area contributed by atoms with E-state index >= 15 is 0 Å². The maximum absolute atomic E-state index is 13.7. The fourth-order valence-corrected chi connectivity index (χ4v) is 5.48. The van der Waals surface area contributed by atoms with Gasteiger partial charge in [0.1, 0.15) is 11.6 Å². The van der Waals surface area contributed by atoms with Gasteiger partial charge >= 0.3 is 0 Å². The minimum Gasteiger partial charge on any atom is -0.303 e. The van der Waals surface area contributed by atoms with Crippen LogP contribution in [0.15, 0.2) is 47.4 Å². The average Bonchev–Trinajstić information content (AvgIpc) is 2.61. The van der Waals surface area contributed by atoms with Gasteiger partial charge in [-0.05, 0) is 62.5 Å². The Morgan fingerprint density at radius 2 is 1.77 bits per heavy atom. The lowest BCUT2D eigenvalue weighted by molar-refractivity contribution is 0.232. The van der Waals surface area contributed by atoms with Crippen molar-refractivity contribution in [3.05, 3.63) is 65.2 Å². The molecule has 0 saturated carbocycles. The Morgan fingerprint density at radius 3 is 2.42 bits per heavy atom. The van der Waals surface area contributed by atoms with E-state index in [-0.39, 0.29) is 5.25 Å². The topological polar surface area (TPSA) is 37.4 Å². The Labute approximate surface area is 153 Å². The maximum atomic E-state index is 13.7. The molecular weight excluding hydrogens is 356 g/mol. The van der Waals surface area contributed by atoms with E-state index in [1.807, 2.05) is 19.1 Å². The van der Waals surface area contributed by atoms with Crippen molar-refractivity contribution in [1.82, 2.24) is 4.90 Å². The van der Waals surface area contributed by atoms with E-state index in [0.717, 1.165) is 11.6 Å². The van der Waals surface area contributed by atoms with Gasteiger partial charge in [-0.3, -0.25) is 0 Å². The molecule has 1 fully saturated rings. The third kappa shape index (κ3) is 4.13. The first-order valence-corrected chi connectivity index (χ1v) is 10.4. The van der Waals surface area contributed by atoms with Gasteiger partial charge in [-0.1, -0.05) is 24.3 Å². The molecule has 3 rings (SSSR count). The van der Waals surface area contributed by atoms with Crippen LogP contribution in [0.3, 0.4) is 0 Å². The number of nitrogens with zero attached hydrogens (tertiary/aromatic N) is 1. The number of piperidine rings is 1. The van der Waals surface area contributed by atoms with E-state index in [4.69, 9.17) is 0 Å². The Kier molecular flexibility index (Phi) is 5.73. The van der Waals surface area contributed by atoms with Crippen molar-refractivity contribution in [2.24, 2.45) is 0 Å². The zero-order valence-electron chi connectivity index (χ0n) is 14.8. The van der Waals surface area contributed by atoms with Crippen molar-refractivity contribution < 1.29 is 17.2 Å². The summed E-state index contributed by atoms with van der Waals surface area (Å²) in [7, 11) is -3.32. The van der Waals surface area contributed by atoms with E-state index in [1.54, 1.807) is 12.1 Å². The molecule has 0 aromatic heterocycles. The number of aryl methyl sites for hydroxylation is 1. The number of likely N-dealkylation sites (tertiary alicyclic amines) is 1. The maximum Gasteiger partial charge on any atom is 0.181 e. The summed E-state index contributed by atoms with van der Waals surface area (Å²) in [6.07, 6.45) is 1.63. The lowest BCUT2D eigenvalue weighted by Crippen LogP contribution is -2.40. The SMILES string of the molecule is Cc1ccccc1S(=O)(=O)C1CCN(CCc2ccc(F)cc2F)CC1. The molecule has 140 valence electrons.